The number of hydrogen-bond donors (Lipinski definition) is 1. The lowest BCUT2D eigenvalue weighted by Crippen LogP contribution is -2.14. The maximum Gasteiger partial charge on any atom is 0.321 e. The molecule has 0 aliphatic rings. The fourth-order valence-electron chi connectivity index (χ4n) is 2.16. The van der Waals surface area contributed by atoms with Crippen molar-refractivity contribution < 1.29 is 19.4 Å². The molecule has 26 heavy (non-hydrogen) atoms. The van der Waals surface area contributed by atoms with E-state index < -0.39 is 11.9 Å². The van der Waals surface area contributed by atoms with Gasteiger partial charge in [-0.15, -0.1) is 0 Å². The second-order valence-corrected chi connectivity index (χ2v) is 6.30. The van der Waals surface area contributed by atoms with Gasteiger partial charge in [0.05, 0.1) is 16.1 Å². The standard InChI is InChI=1S/C18H16Cl2N2O4/c1-11-6-14(19)17(15(20)7-11)26-5-4-25-16-3-2-12(10-22-16)8-13(9-21)18(23)24/h2-3,6-7,10,13H,4-5,8H2,1H3,(H,23,24). The summed E-state index contributed by atoms with van der Waals surface area (Å²) in [5, 5.41) is 18.5. The molecule has 8 heteroatoms. The van der Waals surface area contributed by atoms with E-state index in [4.69, 9.17) is 43.0 Å². The number of aryl methyl sites for hydroxylation is 1. The van der Waals surface area contributed by atoms with Gasteiger partial charge in [0.25, 0.3) is 0 Å². The van der Waals surface area contributed by atoms with Gasteiger partial charge in [-0.1, -0.05) is 29.3 Å². The highest BCUT2D eigenvalue weighted by Gasteiger charge is 2.17. The van der Waals surface area contributed by atoms with Crippen LogP contribution in [0.25, 0.3) is 0 Å². The topological polar surface area (TPSA) is 92.4 Å². The summed E-state index contributed by atoms with van der Waals surface area (Å²) in [4.78, 5) is 14.9. The van der Waals surface area contributed by atoms with E-state index in [0.717, 1.165) is 5.56 Å². The summed E-state index contributed by atoms with van der Waals surface area (Å²) < 4.78 is 11.0. The first kappa shape index (κ1) is 19.8. The lowest BCUT2D eigenvalue weighted by molar-refractivity contribution is -0.139. The van der Waals surface area contributed by atoms with Gasteiger partial charge < -0.3 is 14.6 Å². The van der Waals surface area contributed by atoms with Crippen LogP contribution in [0.15, 0.2) is 30.5 Å². The molecule has 0 saturated heterocycles. The van der Waals surface area contributed by atoms with Crippen LogP contribution < -0.4 is 9.47 Å². The van der Waals surface area contributed by atoms with E-state index in [9.17, 15) is 4.79 Å². The smallest absolute Gasteiger partial charge is 0.321 e. The van der Waals surface area contributed by atoms with Crippen LogP contribution in [0.4, 0.5) is 0 Å². The predicted octanol–water partition coefficient (Wildman–Crippen LogP) is 3.92. The van der Waals surface area contributed by atoms with Crippen molar-refractivity contribution >= 4 is 29.2 Å². The minimum atomic E-state index is -1.15. The molecule has 0 aliphatic carbocycles. The summed E-state index contributed by atoms with van der Waals surface area (Å²) in [5.41, 5.74) is 1.58. The molecule has 6 nitrogen and oxygen atoms in total. The molecule has 1 atom stereocenters. The lowest BCUT2D eigenvalue weighted by Gasteiger charge is -2.11. The maximum absolute atomic E-state index is 10.9. The Morgan fingerprint density at radius 1 is 1.27 bits per heavy atom. The highest BCUT2D eigenvalue weighted by atomic mass is 35.5. The normalized spacial score (nSPS) is 11.5. The molecule has 0 bridgehead atoms. The minimum absolute atomic E-state index is 0.0899. The summed E-state index contributed by atoms with van der Waals surface area (Å²) in [6, 6.07) is 8.54. The monoisotopic (exact) mass is 394 g/mol. The van der Waals surface area contributed by atoms with Crippen LogP contribution in [0.5, 0.6) is 11.6 Å². The number of halogens is 2. The number of carboxylic acids is 1. The van der Waals surface area contributed by atoms with E-state index in [-0.39, 0.29) is 19.6 Å². The second-order valence-electron chi connectivity index (χ2n) is 5.48. The molecular weight excluding hydrogens is 379 g/mol. The Kier molecular flexibility index (Phi) is 7.07. The predicted molar refractivity (Wildman–Crippen MR) is 96.9 cm³/mol. The van der Waals surface area contributed by atoms with Crippen molar-refractivity contribution in [2.45, 2.75) is 13.3 Å². The Balaban J connectivity index is 1.84. The zero-order valence-corrected chi connectivity index (χ0v) is 15.4. The van der Waals surface area contributed by atoms with E-state index in [1.165, 1.54) is 6.20 Å². The highest BCUT2D eigenvalue weighted by molar-refractivity contribution is 6.37. The fraction of sp³-hybridized carbons (Fsp3) is 0.278. The van der Waals surface area contributed by atoms with Gasteiger partial charge in [-0.2, -0.15) is 5.26 Å². The number of nitriles is 1. The zero-order valence-electron chi connectivity index (χ0n) is 13.9. The van der Waals surface area contributed by atoms with Crippen LogP contribution >= 0.6 is 23.2 Å². The summed E-state index contributed by atoms with van der Waals surface area (Å²) in [7, 11) is 0. The first-order chi connectivity index (χ1) is 12.4. The fourth-order valence-corrected chi connectivity index (χ4v) is 2.86. The average molecular weight is 395 g/mol. The largest absolute Gasteiger partial charge is 0.487 e. The lowest BCUT2D eigenvalue weighted by atomic mass is 10.0. The molecule has 2 aromatic rings. The third-order valence-corrected chi connectivity index (χ3v) is 3.98. The number of carbonyl (C=O) groups is 1. The summed E-state index contributed by atoms with van der Waals surface area (Å²) in [6.07, 6.45) is 1.57. The van der Waals surface area contributed by atoms with Gasteiger partial charge in [-0.25, -0.2) is 4.98 Å². The van der Waals surface area contributed by atoms with Gasteiger partial charge in [-0.3, -0.25) is 4.79 Å². The van der Waals surface area contributed by atoms with Gasteiger partial charge >= 0.3 is 5.97 Å². The van der Waals surface area contributed by atoms with Gasteiger partial charge in [0.1, 0.15) is 19.1 Å². The molecule has 0 amide bonds. The van der Waals surface area contributed by atoms with Gasteiger partial charge in [-0.05, 0) is 30.2 Å². The molecule has 1 aromatic carbocycles. The number of rotatable bonds is 8. The van der Waals surface area contributed by atoms with Crippen LogP contribution in [0.2, 0.25) is 10.0 Å². The number of pyridine rings is 1. The highest BCUT2D eigenvalue weighted by Crippen LogP contribution is 2.33. The molecule has 2 rings (SSSR count). The van der Waals surface area contributed by atoms with Crippen molar-refractivity contribution in [1.29, 1.82) is 5.26 Å². The number of nitrogens with zero attached hydrogens (tertiary/aromatic N) is 2. The third kappa shape index (κ3) is 5.51. The van der Waals surface area contributed by atoms with Crippen LogP contribution in [0.3, 0.4) is 0 Å². The number of aliphatic carboxylic acids is 1. The Labute approximate surface area is 160 Å². The summed E-state index contributed by atoms with van der Waals surface area (Å²) in [6.45, 7) is 2.33. The van der Waals surface area contributed by atoms with Crippen molar-refractivity contribution in [2.75, 3.05) is 13.2 Å². The van der Waals surface area contributed by atoms with Crippen molar-refractivity contribution in [1.82, 2.24) is 4.98 Å². The Morgan fingerprint density at radius 2 is 1.92 bits per heavy atom. The first-order valence-corrected chi connectivity index (χ1v) is 8.45. The molecule has 1 heterocycles. The van der Waals surface area contributed by atoms with Crippen molar-refractivity contribution in [2.24, 2.45) is 5.92 Å². The number of carboxylic acid groups (broad SMARTS) is 1. The van der Waals surface area contributed by atoms with E-state index in [0.29, 0.717) is 27.2 Å². The maximum atomic E-state index is 10.9. The number of benzene rings is 1. The molecule has 1 unspecified atom stereocenters. The minimum Gasteiger partial charge on any atom is -0.487 e. The molecule has 0 radical (unpaired) electrons. The molecule has 1 N–H and O–H groups in total. The third-order valence-electron chi connectivity index (χ3n) is 3.41. The van der Waals surface area contributed by atoms with Crippen molar-refractivity contribution in [3.63, 3.8) is 0 Å². The molecule has 1 aromatic heterocycles. The van der Waals surface area contributed by atoms with Crippen LogP contribution in [-0.2, 0) is 11.2 Å². The molecule has 0 spiro atoms. The van der Waals surface area contributed by atoms with Crippen LogP contribution in [0, 0.1) is 24.2 Å². The first-order valence-electron chi connectivity index (χ1n) is 7.69. The van der Waals surface area contributed by atoms with E-state index in [1.807, 2.05) is 6.92 Å². The zero-order chi connectivity index (χ0) is 19.1. The molecule has 0 aliphatic heterocycles. The van der Waals surface area contributed by atoms with E-state index in [2.05, 4.69) is 4.98 Å². The molecule has 0 fully saturated rings. The Hall–Kier alpha value is -2.49. The van der Waals surface area contributed by atoms with E-state index in [1.54, 1.807) is 30.3 Å². The van der Waals surface area contributed by atoms with Gasteiger partial charge in [0.15, 0.2) is 5.75 Å². The van der Waals surface area contributed by atoms with E-state index >= 15 is 0 Å². The SMILES string of the molecule is Cc1cc(Cl)c(OCCOc2ccc(CC(C#N)C(=O)O)cn2)c(Cl)c1. The second kappa shape index (κ2) is 9.27. The van der Waals surface area contributed by atoms with Crippen LogP contribution in [-0.4, -0.2) is 29.3 Å². The molecule has 136 valence electrons. The number of ether oxygens (including phenoxy) is 2. The quantitative estimate of drug-likeness (QED) is 0.681. The average Bonchev–Trinajstić information content (AvgIpc) is 2.59. The van der Waals surface area contributed by atoms with Crippen molar-refractivity contribution in [3.8, 4) is 17.7 Å². The van der Waals surface area contributed by atoms with Gasteiger partial charge in [0, 0.05) is 18.7 Å². The Morgan fingerprint density at radius 3 is 2.46 bits per heavy atom. The van der Waals surface area contributed by atoms with Crippen molar-refractivity contribution in [3.05, 3.63) is 51.6 Å². The van der Waals surface area contributed by atoms with Gasteiger partial charge in [0.2, 0.25) is 5.88 Å². The molecule has 0 saturated carbocycles. The summed E-state index contributed by atoms with van der Waals surface area (Å²) in [5.74, 6) is -1.48. The Bertz CT molecular complexity index is 796. The molecular formula is C18H16Cl2N2O4. The summed E-state index contributed by atoms with van der Waals surface area (Å²) >= 11 is 12.2. The number of aromatic nitrogens is 1. The number of hydrogen-bond acceptors (Lipinski definition) is 5. The van der Waals surface area contributed by atoms with Crippen LogP contribution in [0.1, 0.15) is 11.1 Å².